The van der Waals surface area contributed by atoms with Crippen molar-refractivity contribution in [3.05, 3.63) is 29.3 Å². The van der Waals surface area contributed by atoms with Gasteiger partial charge in [0.1, 0.15) is 6.54 Å². The van der Waals surface area contributed by atoms with Crippen molar-refractivity contribution in [2.24, 2.45) is 5.92 Å². The third-order valence-electron chi connectivity index (χ3n) is 4.53. The molecule has 1 aliphatic carbocycles. The fourth-order valence-electron chi connectivity index (χ4n) is 3.09. The molecule has 0 saturated heterocycles. The second-order valence-electron chi connectivity index (χ2n) is 6.51. The third kappa shape index (κ3) is 4.57. The Bertz CT molecular complexity index is 793. The van der Waals surface area contributed by atoms with Crippen LogP contribution in [0.4, 0.5) is 4.79 Å². The zero-order valence-corrected chi connectivity index (χ0v) is 15.2. The number of aromatic nitrogens is 4. The lowest BCUT2D eigenvalue weighted by molar-refractivity contribution is -0.121. The summed E-state index contributed by atoms with van der Waals surface area (Å²) in [7, 11) is 0. The van der Waals surface area contributed by atoms with E-state index in [1.807, 2.05) is 6.07 Å². The topological polar surface area (TPSA) is 102 Å². The van der Waals surface area contributed by atoms with Crippen molar-refractivity contribution in [2.45, 2.75) is 45.2 Å². The van der Waals surface area contributed by atoms with E-state index in [0.29, 0.717) is 22.3 Å². The summed E-state index contributed by atoms with van der Waals surface area (Å²) in [6.07, 6.45) is 4.31. The molecule has 3 rings (SSSR count). The molecular formula is C17H21ClN6O2. The first kappa shape index (κ1) is 18.3. The molecule has 0 unspecified atom stereocenters. The summed E-state index contributed by atoms with van der Waals surface area (Å²) in [5.74, 6) is 0.234. The fourth-order valence-corrected chi connectivity index (χ4v) is 3.31. The Morgan fingerprint density at radius 1 is 1.27 bits per heavy atom. The molecule has 8 nitrogen and oxygen atoms in total. The maximum absolute atomic E-state index is 12.0. The van der Waals surface area contributed by atoms with E-state index in [9.17, 15) is 9.59 Å². The molecule has 26 heavy (non-hydrogen) atoms. The van der Waals surface area contributed by atoms with Crippen molar-refractivity contribution >= 4 is 23.5 Å². The van der Waals surface area contributed by atoms with Crippen LogP contribution in [0.25, 0.3) is 11.4 Å². The number of hydrogen-bond donors (Lipinski definition) is 2. The molecule has 3 amide bonds. The Kier molecular flexibility index (Phi) is 5.82. The van der Waals surface area contributed by atoms with Crippen LogP contribution in [0.2, 0.25) is 5.02 Å². The van der Waals surface area contributed by atoms with Gasteiger partial charge >= 0.3 is 6.03 Å². The predicted octanol–water partition coefficient (Wildman–Crippen LogP) is 2.40. The van der Waals surface area contributed by atoms with Crippen molar-refractivity contribution in [3.63, 3.8) is 0 Å². The second-order valence-corrected chi connectivity index (χ2v) is 6.92. The largest absolute Gasteiger partial charge is 0.335 e. The van der Waals surface area contributed by atoms with Gasteiger partial charge in [-0.1, -0.05) is 43.5 Å². The summed E-state index contributed by atoms with van der Waals surface area (Å²) >= 11 is 6.10. The van der Waals surface area contributed by atoms with Crippen molar-refractivity contribution in [3.8, 4) is 11.4 Å². The second kappa shape index (κ2) is 8.27. The van der Waals surface area contributed by atoms with Gasteiger partial charge in [-0.15, -0.1) is 10.2 Å². The van der Waals surface area contributed by atoms with Crippen LogP contribution in [0.1, 0.15) is 32.6 Å². The first-order valence-electron chi connectivity index (χ1n) is 8.66. The molecule has 0 aliphatic heterocycles. The van der Waals surface area contributed by atoms with Gasteiger partial charge in [-0.2, -0.15) is 4.80 Å². The van der Waals surface area contributed by atoms with Gasteiger partial charge in [0.05, 0.1) is 5.02 Å². The lowest BCUT2D eigenvalue weighted by Crippen LogP contribution is -2.48. The van der Waals surface area contributed by atoms with E-state index in [4.69, 9.17) is 11.6 Å². The fraction of sp³-hybridized carbons (Fsp3) is 0.471. The van der Waals surface area contributed by atoms with E-state index in [2.05, 4.69) is 33.0 Å². The molecular weight excluding hydrogens is 356 g/mol. The standard InChI is InChI=1S/C17H21ClN6O2/c1-11-6-2-5-9-14(11)19-17(26)20-15(25)10-24-22-16(21-23-24)12-7-3-4-8-13(12)18/h3-4,7-8,11,14H,2,5-6,9-10H2,1H3,(H2,19,20,25,26)/t11-,14+/m1/s1. The van der Waals surface area contributed by atoms with Crippen LogP contribution < -0.4 is 10.6 Å². The normalized spacial score (nSPS) is 19.8. The molecule has 1 heterocycles. The Morgan fingerprint density at radius 3 is 2.81 bits per heavy atom. The molecule has 1 fully saturated rings. The molecule has 1 aromatic carbocycles. The van der Waals surface area contributed by atoms with Crippen LogP contribution in [-0.4, -0.2) is 38.2 Å². The summed E-state index contributed by atoms with van der Waals surface area (Å²) in [4.78, 5) is 25.2. The van der Waals surface area contributed by atoms with Crippen LogP contribution in [0, 0.1) is 5.92 Å². The quantitative estimate of drug-likeness (QED) is 0.853. The first-order chi connectivity index (χ1) is 12.5. The molecule has 1 aliphatic rings. The van der Waals surface area contributed by atoms with Gasteiger partial charge in [0.2, 0.25) is 5.82 Å². The highest BCUT2D eigenvalue weighted by molar-refractivity contribution is 6.33. The van der Waals surface area contributed by atoms with E-state index in [0.717, 1.165) is 24.1 Å². The number of urea groups is 1. The van der Waals surface area contributed by atoms with E-state index >= 15 is 0 Å². The monoisotopic (exact) mass is 376 g/mol. The van der Waals surface area contributed by atoms with E-state index < -0.39 is 11.9 Å². The number of carbonyl (C=O) groups is 2. The number of carbonyl (C=O) groups excluding carboxylic acids is 2. The lowest BCUT2D eigenvalue weighted by Gasteiger charge is -2.29. The predicted molar refractivity (Wildman–Crippen MR) is 96.4 cm³/mol. The minimum Gasteiger partial charge on any atom is -0.335 e. The molecule has 9 heteroatoms. The summed E-state index contributed by atoms with van der Waals surface area (Å²) in [6.45, 7) is 1.91. The van der Waals surface area contributed by atoms with Crippen LogP contribution in [0.3, 0.4) is 0 Å². The third-order valence-corrected chi connectivity index (χ3v) is 4.86. The van der Waals surface area contributed by atoms with Crippen LogP contribution >= 0.6 is 11.6 Å². The Hall–Kier alpha value is -2.48. The maximum Gasteiger partial charge on any atom is 0.321 e. The summed E-state index contributed by atoms with van der Waals surface area (Å²) in [6, 6.07) is 6.72. The van der Waals surface area contributed by atoms with Crippen LogP contribution in [0.5, 0.6) is 0 Å². The average molecular weight is 377 g/mol. The van der Waals surface area contributed by atoms with Gasteiger partial charge in [-0.3, -0.25) is 10.1 Å². The number of benzene rings is 1. The smallest absolute Gasteiger partial charge is 0.321 e. The molecule has 0 bridgehead atoms. The number of imide groups is 1. The summed E-state index contributed by atoms with van der Waals surface area (Å²) in [5, 5.41) is 17.5. The summed E-state index contributed by atoms with van der Waals surface area (Å²) in [5.41, 5.74) is 0.629. The Labute approximate surface area is 156 Å². The van der Waals surface area contributed by atoms with Crippen molar-refractivity contribution < 1.29 is 9.59 Å². The SMILES string of the molecule is C[C@@H]1CCCC[C@@H]1NC(=O)NC(=O)Cn1nnc(-c2ccccc2Cl)n1. The highest BCUT2D eigenvalue weighted by Gasteiger charge is 2.23. The minimum absolute atomic E-state index is 0.105. The Morgan fingerprint density at radius 2 is 2.04 bits per heavy atom. The van der Waals surface area contributed by atoms with Gasteiger partial charge in [0.15, 0.2) is 0 Å². The number of halogens is 1. The van der Waals surface area contributed by atoms with E-state index in [1.165, 1.54) is 6.42 Å². The number of nitrogens with zero attached hydrogens (tertiary/aromatic N) is 4. The molecule has 2 atom stereocenters. The summed E-state index contributed by atoms with van der Waals surface area (Å²) < 4.78 is 0. The van der Waals surface area contributed by atoms with Gasteiger partial charge < -0.3 is 5.32 Å². The Balaban J connectivity index is 1.54. The van der Waals surface area contributed by atoms with Gasteiger partial charge in [-0.25, -0.2) is 4.79 Å². The van der Waals surface area contributed by atoms with E-state index in [1.54, 1.807) is 18.2 Å². The number of hydrogen-bond acceptors (Lipinski definition) is 5. The zero-order chi connectivity index (χ0) is 18.5. The van der Waals surface area contributed by atoms with Crippen LogP contribution in [0.15, 0.2) is 24.3 Å². The molecule has 1 saturated carbocycles. The number of amides is 3. The molecule has 2 N–H and O–H groups in total. The van der Waals surface area contributed by atoms with Crippen molar-refractivity contribution in [2.75, 3.05) is 0 Å². The van der Waals surface area contributed by atoms with Crippen molar-refractivity contribution in [1.82, 2.24) is 30.8 Å². The van der Waals surface area contributed by atoms with Gasteiger partial charge in [-0.05, 0) is 36.1 Å². The van der Waals surface area contributed by atoms with Gasteiger partial charge in [0, 0.05) is 11.6 Å². The molecule has 2 aromatic rings. The lowest BCUT2D eigenvalue weighted by atomic mass is 9.86. The molecule has 138 valence electrons. The highest BCUT2D eigenvalue weighted by atomic mass is 35.5. The molecule has 0 spiro atoms. The molecule has 1 aromatic heterocycles. The minimum atomic E-state index is -0.505. The van der Waals surface area contributed by atoms with Gasteiger partial charge in [0.25, 0.3) is 5.91 Å². The van der Waals surface area contributed by atoms with E-state index in [-0.39, 0.29) is 12.6 Å². The number of tetrazole rings is 1. The van der Waals surface area contributed by atoms with Crippen LogP contribution in [-0.2, 0) is 11.3 Å². The number of rotatable bonds is 4. The molecule has 0 radical (unpaired) electrons. The zero-order valence-electron chi connectivity index (χ0n) is 14.5. The maximum atomic E-state index is 12.0. The number of nitrogens with one attached hydrogen (secondary N) is 2. The van der Waals surface area contributed by atoms with Crippen molar-refractivity contribution in [1.29, 1.82) is 0 Å². The highest BCUT2D eigenvalue weighted by Crippen LogP contribution is 2.24. The average Bonchev–Trinajstić information content (AvgIpc) is 3.05. The first-order valence-corrected chi connectivity index (χ1v) is 9.04.